The van der Waals surface area contributed by atoms with Gasteiger partial charge in [-0.15, -0.1) is 0 Å². The Morgan fingerprint density at radius 1 is 1.28 bits per heavy atom. The molecule has 3 nitrogen and oxygen atoms in total. The van der Waals surface area contributed by atoms with Gasteiger partial charge in [-0.3, -0.25) is 0 Å². The van der Waals surface area contributed by atoms with Crippen molar-refractivity contribution in [2.75, 3.05) is 6.54 Å². The number of benzene rings is 1. The number of nitrogens with one attached hydrogen (secondary N) is 1. The van der Waals surface area contributed by atoms with Crippen LogP contribution in [0.1, 0.15) is 29.7 Å². The van der Waals surface area contributed by atoms with Crippen LogP contribution in [0.3, 0.4) is 0 Å². The van der Waals surface area contributed by atoms with Crippen LogP contribution < -0.4 is 5.32 Å². The van der Waals surface area contributed by atoms with Crippen LogP contribution in [0.5, 0.6) is 0 Å². The van der Waals surface area contributed by atoms with Crippen LogP contribution in [-0.4, -0.2) is 16.5 Å². The minimum absolute atomic E-state index is 0.133. The van der Waals surface area contributed by atoms with Crippen molar-refractivity contribution < 1.29 is 0 Å². The summed E-state index contributed by atoms with van der Waals surface area (Å²) in [5.74, 6) is 0. The molecule has 0 fully saturated rings. The van der Waals surface area contributed by atoms with Crippen molar-refractivity contribution in [3.8, 4) is 0 Å². The molecule has 0 saturated carbocycles. The van der Waals surface area contributed by atoms with Crippen molar-refractivity contribution in [3.63, 3.8) is 0 Å². The molecule has 0 aliphatic heterocycles. The average Bonchev–Trinajstić information content (AvgIpc) is 2.41. The fraction of sp³-hybridized carbons (Fsp3) is 0.286. The quantitative estimate of drug-likeness (QED) is 0.942. The summed E-state index contributed by atoms with van der Waals surface area (Å²) < 4.78 is 1.12. The molecule has 94 valence electrons. The third kappa shape index (κ3) is 2.76. The Balaban J connectivity index is 2.45. The third-order valence-corrected chi connectivity index (χ3v) is 3.80. The smallest absolute Gasteiger partial charge is 0.115 e. The van der Waals surface area contributed by atoms with Gasteiger partial charge in [0.05, 0.1) is 6.04 Å². The van der Waals surface area contributed by atoms with Gasteiger partial charge < -0.3 is 5.32 Å². The highest BCUT2D eigenvalue weighted by Crippen LogP contribution is 2.28. The topological polar surface area (TPSA) is 37.8 Å². The van der Waals surface area contributed by atoms with Crippen molar-refractivity contribution in [1.82, 2.24) is 15.3 Å². The van der Waals surface area contributed by atoms with E-state index in [4.69, 9.17) is 0 Å². The lowest BCUT2D eigenvalue weighted by atomic mass is 9.97. The van der Waals surface area contributed by atoms with Crippen molar-refractivity contribution in [1.29, 1.82) is 0 Å². The van der Waals surface area contributed by atoms with E-state index in [1.54, 1.807) is 6.33 Å². The number of hydrogen-bond acceptors (Lipinski definition) is 3. The molecule has 0 aliphatic carbocycles. The molecule has 0 saturated heterocycles. The molecule has 1 aromatic carbocycles. The first-order chi connectivity index (χ1) is 8.74. The van der Waals surface area contributed by atoms with E-state index in [0.717, 1.165) is 16.6 Å². The molecule has 2 rings (SSSR count). The summed E-state index contributed by atoms with van der Waals surface area (Å²) in [5, 5.41) is 3.48. The number of halogens is 1. The zero-order chi connectivity index (χ0) is 13.0. The van der Waals surface area contributed by atoms with Gasteiger partial charge in [0.25, 0.3) is 0 Å². The van der Waals surface area contributed by atoms with Crippen LogP contribution in [0.25, 0.3) is 0 Å². The van der Waals surface area contributed by atoms with Crippen LogP contribution in [-0.2, 0) is 0 Å². The minimum atomic E-state index is 0.133. The number of aromatic nitrogens is 2. The van der Waals surface area contributed by atoms with Crippen LogP contribution in [0.15, 0.2) is 41.4 Å². The largest absolute Gasteiger partial charge is 0.306 e. The zero-order valence-electron chi connectivity index (χ0n) is 10.5. The molecular formula is C14H16BrN3. The molecule has 0 bridgehead atoms. The van der Waals surface area contributed by atoms with Crippen LogP contribution >= 0.6 is 15.9 Å². The summed E-state index contributed by atoms with van der Waals surface area (Å²) in [5.41, 5.74) is 3.58. The number of nitrogens with zero attached hydrogens (tertiary/aromatic N) is 2. The van der Waals surface area contributed by atoms with E-state index in [0.29, 0.717) is 0 Å². The second-order valence-electron chi connectivity index (χ2n) is 4.12. The first-order valence-electron chi connectivity index (χ1n) is 5.97. The van der Waals surface area contributed by atoms with E-state index in [2.05, 4.69) is 63.3 Å². The van der Waals surface area contributed by atoms with E-state index in [1.807, 2.05) is 12.4 Å². The third-order valence-electron chi connectivity index (χ3n) is 2.94. The maximum absolute atomic E-state index is 4.10. The van der Waals surface area contributed by atoms with Gasteiger partial charge in [0, 0.05) is 22.4 Å². The van der Waals surface area contributed by atoms with Gasteiger partial charge in [-0.2, -0.15) is 0 Å². The Morgan fingerprint density at radius 2 is 2.00 bits per heavy atom. The van der Waals surface area contributed by atoms with Gasteiger partial charge in [0.15, 0.2) is 0 Å². The summed E-state index contributed by atoms with van der Waals surface area (Å²) in [4.78, 5) is 8.21. The summed E-state index contributed by atoms with van der Waals surface area (Å²) in [7, 11) is 0. The van der Waals surface area contributed by atoms with Gasteiger partial charge in [-0.25, -0.2) is 9.97 Å². The lowest BCUT2D eigenvalue weighted by Crippen LogP contribution is -2.23. The highest BCUT2D eigenvalue weighted by atomic mass is 79.9. The zero-order valence-corrected chi connectivity index (χ0v) is 12.1. The lowest BCUT2D eigenvalue weighted by Gasteiger charge is -2.20. The summed E-state index contributed by atoms with van der Waals surface area (Å²) in [6.45, 7) is 5.11. The van der Waals surface area contributed by atoms with Crippen molar-refractivity contribution >= 4 is 15.9 Å². The second kappa shape index (κ2) is 6.07. The summed E-state index contributed by atoms with van der Waals surface area (Å²) in [6, 6.07) is 6.39. The van der Waals surface area contributed by atoms with Crippen LogP contribution in [0.2, 0.25) is 0 Å². The molecule has 0 radical (unpaired) electrons. The van der Waals surface area contributed by atoms with E-state index in [9.17, 15) is 0 Å². The molecule has 18 heavy (non-hydrogen) atoms. The van der Waals surface area contributed by atoms with E-state index in [-0.39, 0.29) is 6.04 Å². The Kier molecular flexibility index (Phi) is 4.44. The van der Waals surface area contributed by atoms with E-state index in [1.165, 1.54) is 11.1 Å². The predicted octanol–water partition coefficient (Wildman–Crippen LogP) is 3.25. The predicted molar refractivity (Wildman–Crippen MR) is 76.4 cm³/mol. The molecule has 0 spiro atoms. The van der Waals surface area contributed by atoms with Gasteiger partial charge >= 0.3 is 0 Å². The summed E-state index contributed by atoms with van der Waals surface area (Å²) >= 11 is 3.58. The molecular weight excluding hydrogens is 290 g/mol. The first-order valence-corrected chi connectivity index (χ1v) is 6.76. The van der Waals surface area contributed by atoms with Gasteiger partial charge in [0.1, 0.15) is 6.33 Å². The van der Waals surface area contributed by atoms with Crippen molar-refractivity contribution in [3.05, 3.63) is 58.1 Å². The monoisotopic (exact) mass is 305 g/mol. The Bertz CT molecular complexity index is 514. The highest BCUT2D eigenvalue weighted by molar-refractivity contribution is 9.10. The maximum atomic E-state index is 4.10. The SMILES string of the molecule is CCNC(c1cncnc1)c1cccc(Br)c1C. The molecule has 0 aliphatic rings. The van der Waals surface area contributed by atoms with Crippen molar-refractivity contribution in [2.24, 2.45) is 0 Å². The number of rotatable bonds is 4. The highest BCUT2D eigenvalue weighted by Gasteiger charge is 2.16. The Morgan fingerprint density at radius 3 is 2.67 bits per heavy atom. The molecule has 2 aromatic rings. The fourth-order valence-corrected chi connectivity index (χ4v) is 2.39. The minimum Gasteiger partial charge on any atom is -0.306 e. The van der Waals surface area contributed by atoms with Gasteiger partial charge in [0.2, 0.25) is 0 Å². The molecule has 4 heteroatoms. The molecule has 1 unspecified atom stereocenters. The van der Waals surface area contributed by atoms with E-state index < -0.39 is 0 Å². The molecule has 1 heterocycles. The van der Waals surface area contributed by atoms with Crippen LogP contribution in [0.4, 0.5) is 0 Å². The molecule has 0 amide bonds. The second-order valence-corrected chi connectivity index (χ2v) is 4.97. The molecule has 1 N–H and O–H groups in total. The van der Waals surface area contributed by atoms with Crippen molar-refractivity contribution in [2.45, 2.75) is 19.9 Å². The standard InChI is InChI=1S/C14H16BrN3/c1-3-18-14(11-7-16-9-17-8-11)12-5-4-6-13(15)10(12)2/h4-9,14,18H,3H2,1-2H3. The summed E-state index contributed by atoms with van der Waals surface area (Å²) in [6.07, 6.45) is 5.28. The first kappa shape index (κ1) is 13.2. The van der Waals surface area contributed by atoms with Crippen LogP contribution in [0, 0.1) is 6.92 Å². The Hall–Kier alpha value is -1.26. The number of hydrogen-bond donors (Lipinski definition) is 1. The van der Waals surface area contributed by atoms with Gasteiger partial charge in [-0.1, -0.05) is 35.0 Å². The Labute approximate surface area is 116 Å². The fourth-order valence-electron chi connectivity index (χ4n) is 2.01. The maximum Gasteiger partial charge on any atom is 0.115 e. The molecule has 1 aromatic heterocycles. The lowest BCUT2D eigenvalue weighted by molar-refractivity contribution is 0.623. The molecule has 1 atom stereocenters. The van der Waals surface area contributed by atoms with E-state index >= 15 is 0 Å². The van der Waals surface area contributed by atoms with Gasteiger partial charge in [-0.05, 0) is 30.7 Å². The normalized spacial score (nSPS) is 12.4. The average molecular weight is 306 g/mol.